The van der Waals surface area contributed by atoms with Crippen LogP contribution in [0.3, 0.4) is 0 Å². The second kappa shape index (κ2) is 7.85. The zero-order valence-electron chi connectivity index (χ0n) is 19.7. The Labute approximate surface area is 198 Å². The standard InChI is InChI=1S/C26H33F3N2O3/c1-24-6-3-7-25(16-33-25)22(24)13-19-20(23(32)34-21(19)14-24)15-30-8-10-31(11-9-30)18-5-2-4-17(12-18)26(27,28)29/h2,4-5,12,19-22H,3,6-11,13-16H2,1H3/t19-,20+,21-,22+,24-,25+/m1/s1. The van der Waals surface area contributed by atoms with Crippen molar-refractivity contribution in [1.82, 2.24) is 4.90 Å². The number of halogens is 3. The van der Waals surface area contributed by atoms with E-state index in [1.165, 1.54) is 25.0 Å². The van der Waals surface area contributed by atoms with E-state index in [1.807, 2.05) is 4.90 Å². The Morgan fingerprint density at radius 3 is 2.62 bits per heavy atom. The van der Waals surface area contributed by atoms with Crippen molar-refractivity contribution in [2.75, 3.05) is 44.2 Å². The molecule has 0 aromatic heterocycles. The van der Waals surface area contributed by atoms with E-state index in [-0.39, 0.29) is 34.9 Å². The molecule has 2 saturated carbocycles. The third-order valence-electron chi connectivity index (χ3n) is 9.45. The molecule has 1 aromatic rings. The van der Waals surface area contributed by atoms with Crippen LogP contribution in [0.2, 0.25) is 0 Å². The fourth-order valence-corrected chi connectivity index (χ4v) is 7.51. The summed E-state index contributed by atoms with van der Waals surface area (Å²) in [5.74, 6) is 0.562. The molecule has 6 atom stereocenters. The SMILES string of the molecule is C[C@]12CCC[C@]3(CO3)[C@H]1C[C@@H]1[C@H](CN3CCN(c4cccc(C(F)(F)F)c4)CC3)C(=O)O[C@@H]1C2. The number of epoxide rings is 1. The van der Waals surface area contributed by atoms with Gasteiger partial charge in [-0.25, -0.2) is 0 Å². The molecule has 0 radical (unpaired) electrons. The molecule has 0 unspecified atom stereocenters. The van der Waals surface area contributed by atoms with E-state index < -0.39 is 11.7 Å². The highest BCUT2D eigenvalue weighted by Crippen LogP contribution is 2.62. The Balaban J connectivity index is 1.10. The maximum Gasteiger partial charge on any atom is 0.416 e. The monoisotopic (exact) mass is 478 g/mol. The van der Waals surface area contributed by atoms with Gasteiger partial charge in [0.25, 0.3) is 0 Å². The first kappa shape index (κ1) is 22.7. The van der Waals surface area contributed by atoms with Crippen molar-refractivity contribution in [1.29, 1.82) is 0 Å². The lowest BCUT2D eigenvalue weighted by molar-refractivity contribution is -0.147. The smallest absolute Gasteiger partial charge is 0.416 e. The van der Waals surface area contributed by atoms with Crippen molar-refractivity contribution in [3.8, 4) is 0 Å². The lowest BCUT2D eigenvalue weighted by Gasteiger charge is -2.51. The number of esters is 1. The predicted octanol–water partition coefficient (Wildman–Crippen LogP) is 4.35. The molecule has 3 saturated heterocycles. The zero-order valence-corrected chi connectivity index (χ0v) is 19.7. The average molecular weight is 479 g/mol. The van der Waals surface area contributed by atoms with Crippen LogP contribution in [-0.4, -0.2) is 61.9 Å². The molecule has 3 heterocycles. The molecule has 3 aliphatic heterocycles. The van der Waals surface area contributed by atoms with Crippen molar-refractivity contribution in [3.63, 3.8) is 0 Å². The quantitative estimate of drug-likeness (QED) is 0.477. The lowest BCUT2D eigenvalue weighted by Crippen LogP contribution is -2.52. The summed E-state index contributed by atoms with van der Waals surface area (Å²) in [4.78, 5) is 17.2. The third kappa shape index (κ3) is 3.81. The van der Waals surface area contributed by atoms with Gasteiger partial charge in [0, 0.05) is 44.3 Å². The first-order valence-corrected chi connectivity index (χ1v) is 12.7. The van der Waals surface area contributed by atoms with Gasteiger partial charge in [-0.1, -0.05) is 13.0 Å². The van der Waals surface area contributed by atoms with E-state index in [4.69, 9.17) is 9.47 Å². The molecule has 2 aliphatic carbocycles. The number of anilines is 1. The van der Waals surface area contributed by atoms with Crippen molar-refractivity contribution in [3.05, 3.63) is 29.8 Å². The van der Waals surface area contributed by atoms with Gasteiger partial charge < -0.3 is 14.4 Å². The van der Waals surface area contributed by atoms with Crippen LogP contribution < -0.4 is 4.90 Å². The fourth-order valence-electron chi connectivity index (χ4n) is 7.51. The Morgan fingerprint density at radius 2 is 1.91 bits per heavy atom. The maximum atomic E-state index is 13.1. The molecule has 5 aliphatic rings. The van der Waals surface area contributed by atoms with Gasteiger partial charge >= 0.3 is 12.1 Å². The number of nitrogens with zero attached hydrogens (tertiary/aromatic N) is 2. The highest BCUT2D eigenvalue weighted by atomic mass is 19.4. The molecule has 0 amide bonds. The van der Waals surface area contributed by atoms with Gasteiger partial charge in [0.15, 0.2) is 0 Å². The lowest BCUT2D eigenvalue weighted by atomic mass is 9.53. The minimum atomic E-state index is -4.34. The van der Waals surface area contributed by atoms with Crippen molar-refractivity contribution in [2.24, 2.45) is 23.2 Å². The molecule has 34 heavy (non-hydrogen) atoms. The normalized spacial score (nSPS) is 40.1. The summed E-state index contributed by atoms with van der Waals surface area (Å²) in [6.07, 6.45) is 1.14. The van der Waals surface area contributed by atoms with Crippen molar-refractivity contribution in [2.45, 2.75) is 56.9 Å². The van der Waals surface area contributed by atoms with Crippen LogP contribution in [0.15, 0.2) is 24.3 Å². The molecular weight excluding hydrogens is 445 g/mol. The topological polar surface area (TPSA) is 45.3 Å². The summed E-state index contributed by atoms with van der Waals surface area (Å²) < 4.78 is 51.2. The second-order valence-electron chi connectivity index (χ2n) is 11.4. The van der Waals surface area contributed by atoms with Crippen LogP contribution >= 0.6 is 0 Å². The van der Waals surface area contributed by atoms with Crippen LogP contribution in [0.4, 0.5) is 18.9 Å². The number of hydrogen-bond donors (Lipinski definition) is 0. The molecule has 6 rings (SSSR count). The van der Waals surface area contributed by atoms with Gasteiger partial charge in [-0.2, -0.15) is 13.2 Å². The second-order valence-corrected chi connectivity index (χ2v) is 11.4. The van der Waals surface area contributed by atoms with E-state index in [1.54, 1.807) is 6.07 Å². The number of carbonyl (C=O) groups is 1. The summed E-state index contributed by atoms with van der Waals surface area (Å²) in [7, 11) is 0. The average Bonchev–Trinajstić information content (AvgIpc) is 3.50. The predicted molar refractivity (Wildman–Crippen MR) is 120 cm³/mol. The van der Waals surface area contributed by atoms with Gasteiger partial charge in [-0.05, 0) is 61.6 Å². The number of piperazine rings is 1. The van der Waals surface area contributed by atoms with E-state index in [9.17, 15) is 18.0 Å². The summed E-state index contributed by atoms with van der Waals surface area (Å²) in [5, 5.41) is 0. The van der Waals surface area contributed by atoms with Crippen LogP contribution in [0, 0.1) is 23.2 Å². The molecule has 1 aromatic carbocycles. The summed E-state index contributed by atoms with van der Waals surface area (Å²) >= 11 is 0. The number of alkyl halides is 3. The Kier molecular flexibility index (Phi) is 5.23. The van der Waals surface area contributed by atoms with E-state index in [0.29, 0.717) is 31.2 Å². The van der Waals surface area contributed by atoms with Gasteiger partial charge in [-0.15, -0.1) is 0 Å². The first-order chi connectivity index (χ1) is 16.2. The Bertz CT molecular complexity index is 957. The van der Waals surface area contributed by atoms with Crippen LogP contribution in [0.5, 0.6) is 0 Å². The molecule has 0 N–H and O–H groups in total. The first-order valence-electron chi connectivity index (χ1n) is 12.7. The molecule has 0 bridgehead atoms. The van der Waals surface area contributed by atoms with Crippen LogP contribution in [-0.2, 0) is 20.4 Å². The van der Waals surface area contributed by atoms with Gasteiger partial charge in [-0.3, -0.25) is 9.69 Å². The fraction of sp³-hybridized carbons (Fsp3) is 0.731. The molecule has 186 valence electrons. The van der Waals surface area contributed by atoms with Crippen molar-refractivity contribution < 1.29 is 27.4 Å². The molecule has 1 spiro atoms. The Morgan fingerprint density at radius 1 is 1.15 bits per heavy atom. The molecule has 5 fully saturated rings. The number of benzene rings is 1. The van der Waals surface area contributed by atoms with Crippen LogP contribution in [0.1, 0.15) is 44.6 Å². The van der Waals surface area contributed by atoms with Crippen molar-refractivity contribution >= 4 is 11.7 Å². The third-order valence-corrected chi connectivity index (χ3v) is 9.45. The van der Waals surface area contributed by atoms with Crippen LogP contribution in [0.25, 0.3) is 0 Å². The largest absolute Gasteiger partial charge is 0.462 e. The summed E-state index contributed by atoms with van der Waals surface area (Å²) in [6, 6.07) is 5.55. The van der Waals surface area contributed by atoms with E-state index in [2.05, 4.69) is 11.8 Å². The molecule has 5 nitrogen and oxygen atoms in total. The molecular formula is C26H33F3N2O3. The minimum Gasteiger partial charge on any atom is -0.462 e. The Hall–Kier alpha value is -1.80. The summed E-state index contributed by atoms with van der Waals surface area (Å²) in [5.41, 5.74) is 0.233. The zero-order chi connectivity index (χ0) is 23.7. The number of ether oxygens (including phenoxy) is 2. The number of carbonyl (C=O) groups excluding carboxylic acids is 1. The van der Waals surface area contributed by atoms with E-state index >= 15 is 0 Å². The minimum absolute atomic E-state index is 0.0130. The number of hydrogen-bond acceptors (Lipinski definition) is 5. The summed E-state index contributed by atoms with van der Waals surface area (Å²) in [6.45, 7) is 6.65. The highest BCUT2D eigenvalue weighted by Gasteiger charge is 2.65. The highest BCUT2D eigenvalue weighted by molar-refractivity contribution is 5.75. The van der Waals surface area contributed by atoms with Gasteiger partial charge in [0.2, 0.25) is 0 Å². The maximum absolute atomic E-state index is 13.1. The van der Waals surface area contributed by atoms with E-state index in [0.717, 1.165) is 45.0 Å². The van der Waals surface area contributed by atoms with Gasteiger partial charge in [0.1, 0.15) is 6.10 Å². The molecule has 8 heteroatoms. The van der Waals surface area contributed by atoms with Gasteiger partial charge in [0.05, 0.1) is 23.7 Å². The number of rotatable bonds is 3. The number of fused-ring (bicyclic) bond motifs is 3.